The van der Waals surface area contributed by atoms with Crippen LogP contribution >= 0.6 is 0 Å². The van der Waals surface area contributed by atoms with Crippen molar-refractivity contribution in [1.29, 1.82) is 0 Å². The average Bonchev–Trinajstić information content (AvgIpc) is 2.38. The molecule has 0 radical (unpaired) electrons. The van der Waals surface area contributed by atoms with Gasteiger partial charge in [-0.1, -0.05) is 0 Å². The summed E-state index contributed by atoms with van der Waals surface area (Å²) in [7, 11) is 1.46. The third-order valence-corrected chi connectivity index (χ3v) is 2.84. The summed E-state index contributed by atoms with van der Waals surface area (Å²) in [5, 5.41) is 8.81. The van der Waals surface area contributed by atoms with E-state index >= 15 is 0 Å². The van der Waals surface area contributed by atoms with Crippen LogP contribution in [-0.2, 0) is 4.79 Å². The molecule has 0 fully saturated rings. The molecule has 1 amide bonds. The minimum atomic E-state index is -0.930. The van der Waals surface area contributed by atoms with Crippen molar-refractivity contribution in [3.63, 3.8) is 0 Å². The van der Waals surface area contributed by atoms with E-state index in [1.165, 1.54) is 24.4 Å². The van der Waals surface area contributed by atoms with Crippen LogP contribution in [0.1, 0.15) is 30.6 Å². The number of ether oxygens (including phenoxy) is 1. The van der Waals surface area contributed by atoms with Gasteiger partial charge in [-0.2, -0.15) is 0 Å². The van der Waals surface area contributed by atoms with Crippen molar-refractivity contribution in [1.82, 2.24) is 9.88 Å². The summed E-state index contributed by atoms with van der Waals surface area (Å²) >= 11 is 0. The Morgan fingerprint density at radius 2 is 2.21 bits per heavy atom. The number of carboxylic acid groups (broad SMARTS) is 1. The molecule has 1 heterocycles. The Labute approximate surface area is 112 Å². The van der Waals surface area contributed by atoms with E-state index in [1.54, 1.807) is 13.0 Å². The van der Waals surface area contributed by atoms with Gasteiger partial charge in [0.15, 0.2) is 0 Å². The Bertz CT molecular complexity index is 462. The number of rotatable bonds is 6. The molecule has 0 saturated heterocycles. The monoisotopic (exact) mass is 266 g/mol. The number of hydrogen-bond acceptors (Lipinski definition) is 4. The molecule has 0 spiro atoms. The van der Waals surface area contributed by atoms with E-state index in [4.69, 9.17) is 9.84 Å². The fourth-order valence-electron chi connectivity index (χ4n) is 1.89. The zero-order valence-electron chi connectivity index (χ0n) is 11.3. The van der Waals surface area contributed by atoms with Crippen molar-refractivity contribution in [3.05, 3.63) is 24.0 Å². The van der Waals surface area contributed by atoms with Crippen molar-refractivity contribution in [2.75, 3.05) is 13.7 Å². The highest BCUT2D eigenvalue weighted by molar-refractivity contribution is 5.97. The molecule has 0 aliphatic heterocycles. The van der Waals surface area contributed by atoms with Crippen molar-refractivity contribution in [2.45, 2.75) is 26.3 Å². The van der Waals surface area contributed by atoms with Crippen molar-refractivity contribution in [2.24, 2.45) is 0 Å². The lowest BCUT2D eigenvalue weighted by Gasteiger charge is -2.27. The standard InChI is InChI=1S/C13H18N2O4/c1-4-15(9(2)7-12(16)17)13(18)10-5-6-14-8-11(10)19-3/h5-6,8-9H,4,7H2,1-3H3,(H,16,17). The number of nitrogens with zero attached hydrogens (tertiary/aromatic N) is 2. The number of methoxy groups -OCH3 is 1. The first-order valence-electron chi connectivity index (χ1n) is 6.02. The first-order valence-corrected chi connectivity index (χ1v) is 6.02. The number of carboxylic acids is 1. The minimum Gasteiger partial charge on any atom is -0.494 e. The number of aromatic nitrogens is 1. The van der Waals surface area contributed by atoms with Crippen molar-refractivity contribution < 1.29 is 19.4 Å². The van der Waals surface area contributed by atoms with Crippen LogP contribution in [0, 0.1) is 0 Å². The molecule has 1 aromatic rings. The number of aliphatic carboxylic acids is 1. The predicted octanol–water partition coefficient (Wildman–Crippen LogP) is 1.42. The maximum absolute atomic E-state index is 12.4. The summed E-state index contributed by atoms with van der Waals surface area (Å²) in [6.45, 7) is 3.95. The second kappa shape index (κ2) is 6.72. The fourth-order valence-corrected chi connectivity index (χ4v) is 1.89. The van der Waals surface area contributed by atoms with E-state index in [0.29, 0.717) is 17.9 Å². The summed E-state index contributed by atoms with van der Waals surface area (Å²) in [5.41, 5.74) is 0.386. The summed E-state index contributed by atoms with van der Waals surface area (Å²) in [4.78, 5) is 28.5. The number of amides is 1. The highest BCUT2D eigenvalue weighted by Gasteiger charge is 2.24. The lowest BCUT2D eigenvalue weighted by molar-refractivity contribution is -0.138. The van der Waals surface area contributed by atoms with Crippen LogP contribution in [0.4, 0.5) is 0 Å². The number of carbonyl (C=O) groups excluding carboxylic acids is 1. The van der Waals surface area contributed by atoms with E-state index in [2.05, 4.69) is 4.98 Å². The predicted molar refractivity (Wildman–Crippen MR) is 69.2 cm³/mol. The largest absolute Gasteiger partial charge is 0.494 e. The van der Waals surface area contributed by atoms with Crippen molar-refractivity contribution >= 4 is 11.9 Å². The molecule has 1 N–H and O–H groups in total. The molecule has 6 nitrogen and oxygen atoms in total. The Morgan fingerprint density at radius 1 is 1.53 bits per heavy atom. The summed E-state index contributed by atoms with van der Waals surface area (Å²) in [6, 6.07) is 1.19. The highest BCUT2D eigenvalue weighted by Crippen LogP contribution is 2.19. The average molecular weight is 266 g/mol. The molecule has 19 heavy (non-hydrogen) atoms. The summed E-state index contributed by atoms with van der Waals surface area (Å²) in [6.07, 6.45) is 2.88. The van der Waals surface area contributed by atoms with E-state index in [1.807, 2.05) is 6.92 Å². The van der Waals surface area contributed by atoms with E-state index in [0.717, 1.165) is 0 Å². The van der Waals surface area contributed by atoms with Gasteiger partial charge in [0.25, 0.3) is 5.91 Å². The third kappa shape index (κ3) is 3.67. The van der Waals surface area contributed by atoms with Crippen LogP contribution in [0.15, 0.2) is 18.5 Å². The van der Waals surface area contributed by atoms with Gasteiger partial charge in [0.05, 0.1) is 25.3 Å². The Balaban J connectivity index is 2.98. The Hall–Kier alpha value is -2.11. The molecule has 0 saturated carbocycles. The van der Waals surface area contributed by atoms with Gasteiger partial charge in [-0.25, -0.2) is 0 Å². The minimum absolute atomic E-state index is 0.0903. The van der Waals surface area contributed by atoms with Gasteiger partial charge in [0.2, 0.25) is 0 Å². The van der Waals surface area contributed by atoms with Gasteiger partial charge in [-0.05, 0) is 19.9 Å². The van der Waals surface area contributed by atoms with Gasteiger partial charge < -0.3 is 14.7 Å². The van der Waals surface area contributed by atoms with Gasteiger partial charge >= 0.3 is 5.97 Å². The van der Waals surface area contributed by atoms with Crippen LogP contribution in [-0.4, -0.2) is 46.6 Å². The second-order valence-corrected chi connectivity index (χ2v) is 4.11. The molecule has 0 aliphatic rings. The van der Waals surface area contributed by atoms with E-state index < -0.39 is 5.97 Å². The zero-order valence-corrected chi connectivity index (χ0v) is 11.3. The molecular formula is C13H18N2O4. The Morgan fingerprint density at radius 3 is 2.74 bits per heavy atom. The molecule has 0 aromatic carbocycles. The quantitative estimate of drug-likeness (QED) is 0.842. The normalized spacial score (nSPS) is 11.7. The molecule has 1 atom stereocenters. The zero-order chi connectivity index (χ0) is 14.4. The molecular weight excluding hydrogens is 248 g/mol. The highest BCUT2D eigenvalue weighted by atomic mass is 16.5. The Kier molecular flexibility index (Phi) is 5.29. The molecule has 1 rings (SSSR count). The topological polar surface area (TPSA) is 79.7 Å². The van der Waals surface area contributed by atoms with E-state index in [-0.39, 0.29) is 18.4 Å². The SMILES string of the molecule is CCN(C(=O)c1ccncc1OC)C(C)CC(=O)O. The van der Waals surface area contributed by atoms with Crippen molar-refractivity contribution in [3.8, 4) is 5.75 Å². The molecule has 1 aromatic heterocycles. The van der Waals surface area contributed by atoms with Gasteiger partial charge in [-0.3, -0.25) is 14.6 Å². The number of hydrogen-bond donors (Lipinski definition) is 1. The fraction of sp³-hybridized carbons (Fsp3) is 0.462. The third-order valence-electron chi connectivity index (χ3n) is 2.84. The summed E-state index contributed by atoms with van der Waals surface area (Å²) in [5.74, 6) is -0.801. The molecule has 0 aliphatic carbocycles. The van der Waals surface area contributed by atoms with Gasteiger partial charge in [-0.15, -0.1) is 0 Å². The summed E-state index contributed by atoms with van der Waals surface area (Å²) < 4.78 is 5.10. The maximum atomic E-state index is 12.4. The van der Waals surface area contributed by atoms with Crippen LogP contribution in [0.25, 0.3) is 0 Å². The number of carbonyl (C=O) groups is 2. The molecule has 0 bridgehead atoms. The van der Waals surface area contributed by atoms with Crippen LogP contribution < -0.4 is 4.74 Å². The van der Waals surface area contributed by atoms with Crippen LogP contribution in [0.3, 0.4) is 0 Å². The lowest BCUT2D eigenvalue weighted by atomic mass is 10.1. The van der Waals surface area contributed by atoms with Gasteiger partial charge in [0, 0.05) is 18.8 Å². The van der Waals surface area contributed by atoms with Crippen LogP contribution in [0.2, 0.25) is 0 Å². The first kappa shape index (κ1) is 14.9. The first-order chi connectivity index (χ1) is 9.01. The number of pyridine rings is 1. The van der Waals surface area contributed by atoms with Gasteiger partial charge in [0.1, 0.15) is 5.75 Å². The lowest BCUT2D eigenvalue weighted by Crippen LogP contribution is -2.39. The molecule has 1 unspecified atom stereocenters. The molecule has 104 valence electrons. The van der Waals surface area contributed by atoms with Crippen LogP contribution in [0.5, 0.6) is 5.75 Å². The smallest absolute Gasteiger partial charge is 0.305 e. The van der Waals surface area contributed by atoms with E-state index in [9.17, 15) is 9.59 Å². The maximum Gasteiger partial charge on any atom is 0.305 e. The molecule has 6 heteroatoms. The second-order valence-electron chi connectivity index (χ2n) is 4.11.